The smallest absolute Gasteiger partial charge is 0.223 e. The molecular formula is C12H22N2O2. The maximum Gasteiger partial charge on any atom is 0.223 e. The molecule has 3 unspecified atom stereocenters. The molecule has 2 rings (SSSR count). The fraction of sp³-hybridized carbons (Fsp3) is 0.917. The van der Waals surface area contributed by atoms with E-state index in [4.69, 9.17) is 4.74 Å². The van der Waals surface area contributed by atoms with Crippen molar-refractivity contribution in [1.29, 1.82) is 0 Å². The van der Waals surface area contributed by atoms with Crippen LogP contribution in [0.1, 0.15) is 26.7 Å². The van der Waals surface area contributed by atoms with Gasteiger partial charge in [0.2, 0.25) is 5.91 Å². The summed E-state index contributed by atoms with van der Waals surface area (Å²) in [7, 11) is 0. The van der Waals surface area contributed by atoms with Gasteiger partial charge in [0.15, 0.2) is 0 Å². The van der Waals surface area contributed by atoms with E-state index in [0.29, 0.717) is 5.92 Å². The first kappa shape index (κ1) is 11.9. The standard InChI is InChI=1S/C12H22N2O2/c1-8(10-6-13-7-10)12(15)14-9(2)11-4-3-5-16-11/h8-11,13H,3-7H2,1-2H3,(H,14,15). The molecule has 92 valence electrons. The normalized spacial score (nSPS) is 29.5. The molecule has 2 heterocycles. The lowest BCUT2D eigenvalue weighted by Crippen LogP contribution is -2.52. The third kappa shape index (κ3) is 2.55. The second-order valence-electron chi connectivity index (χ2n) is 5.06. The molecule has 0 aromatic carbocycles. The van der Waals surface area contributed by atoms with Gasteiger partial charge in [-0.15, -0.1) is 0 Å². The van der Waals surface area contributed by atoms with Crippen molar-refractivity contribution < 1.29 is 9.53 Å². The van der Waals surface area contributed by atoms with E-state index >= 15 is 0 Å². The number of carbonyl (C=O) groups is 1. The summed E-state index contributed by atoms with van der Waals surface area (Å²) in [6.07, 6.45) is 2.41. The lowest BCUT2D eigenvalue weighted by molar-refractivity contribution is -0.128. The maximum atomic E-state index is 11.9. The first-order chi connectivity index (χ1) is 7.68. The predicted octanol–water partition coefficient (Wildman–Crippen LogP) is 0.526. The zero-order valence-electron chi connectivity index (χ0n) is 10.2. The molecule has 0 spiro atoms. The lowest BCUT2D eigenvalue weighted by atomic mass is 9.88. The van der Waals surface area contributed by atoms with Crippen molar-refractivity contribution in [2.45, 2.75) is 38.8 Å². The van der Waals surface area contributed by atoms with Gasteiger partial charge in [-0.1, -0.05) is 6.92 Å². The zero-order chi connectivity index (χ0) is 11.5. The molecule has 0 aromatic heterocycles. The summed E-state index contributed by atoms with van der Waals surface area (Å²) in [4.78, 5) is 11.9. The van der Waals surface area contributed by atoms with Gasteiger partial charge in [0.25, 0.3) is 0 Å². The average molecular weight is 226 g/mol. The van der Waals surface area contributed by atoms with Crippen LogP contribution < -0.4 is 10.6 Å². The van der Waals surface area contributed by atoms with Crippen LogP contribution in [0.5, 0.6) is 0 Å². The molecule has 0 saturated carbocycles. The van der Waals surface area contributed by atoms with Gasteiger partial charge in [-0.25, -0.2) is 0 Å². The van der Waals surface area contributed by atoms with E-state index < -0.39 is 0 Å². The Balaban J connectivity index is 1.76. The monoisotopic (exact) mass is 226 g/mol. The Labute approximate surface area is 97.1 Å². The number of amides is 1. The van der Waals surface area contributed by atoms with E-state index in [1.54, 1.807) is 0 Å². The van der Waals surface area contributed by atoms with Crippen molar-refractivity contribution in [3.05, 3.63) is 0 Å². The highest BCUT2D eigenvalue weighted by molar-refractivity contribution is 5.79. The summed E-state index contributed by atoms with van der Waals surface area (Å²) in [5, 5.41) is 6.28. The molecule has 2 aliphatic rings. The molecule has 4 nitrogen and oxygen atoms in total. The van der Waals surface area contributed by atoms with Crippen LogP contribution in [0.2, 0.25) is 0 Å². The molecule has 0 aromatic rings. The Morgan fingerprint density at radius 3 is 2.69 bits per heavy atom. The molecule has 0 bridgehead atoms. The molecule has 0 radical (unpaired) electrons. The fourth-order valence-corrected chi connectivity index (χ4v) is 2.32. The minimum atomic E-state index is 0.116. The summed E-state index contributed by atoms with van der Waals surface area (Å²) in [5.41, 5.74) is 0. The minimum Gasteiger partial charge on any atom is -0.376 e. The Hall–Kier alpha value is -0.610. The van der Waals surface area contributed by atoms with E-state index in [-0.39, 0.29) is 24.0 Å². The molecule has 0 aliphatic carbocycles. The number of nitrogens with one attached hydrogen (secondary N) is 2. The van der Waals surface area contributed by atoms with E-state index in [2.05, 4.69) is 10.6 Å². The van der Waals surface area contributed by atoms with Crippen molar-refractivity contribution in [2.24, 2.45) is 11.8 Å². The number of carbonyl (C=O) groups excluding carboxylic acids is 1. The van der Waals surface area contributed by atoms with Crippen LogP contribution in [0.25, 0.3) is 0 Å². The molecular weight excluding hydrogens is 204 g/mol. The third-order valence-electron chi connectivity index (χ3n) is 3.83. The first-order valence-electron chi connectivity index (χ1n) is 6.31. The first-order valence-corrected chi connectivity index (χ1v) is 6.31. The van der Waals surface area contributed by atoms with Gasteiger partial charge in [0.05, 0.1) is 12.1 Å². The fourth-order valence-electron chi connectivity index (χ4n) is 2.32. The third-order valence-corrected chi connectivity index (χ3v) is 3.83. The lowest BCUT2D eigenvalue weighted by Gasteiger charge is -2.33. The number of hydrogen-bond donors (Lipinski definition) is 2. The van der Waals surface area contributed by atoms with E-state index in [1.807, 2.05) is 13.8 Å². The van der Waals surface area contributed by atoms with Crippen LogP contribution in [-0.2, 0) is 9.53 Å². The van der Waals surface area contributed by atoms with Gasteiger partial charge < -0.3 is 15.4 Å². The highest BCUT2D eigenvalue weighted by atomic mass is 16.5. The number of rotatable bonds is 4. The average Bonchev–Trinajstić information content (AvgIpc) is 2.67. The summed E-state index contributed by atoms with van der Waals surface area (Å²) < 4.78 is 5.57. The van der Waals surface area contributed by atoms with Crippen molar-refractivity contribution in [1.82, 2.24) is 10.6 Å². The molecule has 2 saturated heterocycles. The van der Waals surface area contributed by atoms with Gasteiger partial charge in [0.1, 0.15) is 0 Å². The van der Waals surface area contributed by atoms with Crippen LogP contribution in [0.4, 0.5) is 0 Å². The second-order valence-corrected chi connectivity index (χ2v) is 5.06. The molecule has 1 amide bonds. The highest BCUT2D eigenvalue weighted by Crippen LogP contribution is 2.18. The van der Waals surface area contributed by atoms with Gasteiger partial charge in [0, 0.05) is 12.5 Å². The summed E-state index contributed by atoms with van der Waals surface area (Å²) in [6, 6.07) is 0.144. The SMILES string of the molecule is CC(NC(=O)C(C)C1CNC1)C1CCCO1. The van der Waals surface area contributed by atoms with E-state index in [9.17, 15) is 4.79 Å². The van der Waals surface area contributed by atoms with Crippen molar-refractivity contribution in [2.75, 3.05) is 19.7 Å². The topological polar surface area (TPSA) is 50.4 Å². The van der Waals surface area contributed by atoms with Gasteiger partial charge >= 0.3 is 0 Å². The molecule has 16 heavy (non-hydrogen) atoms. The highest BCUT2D eigenvalue weighted by Gasteiger charge is 2.31. The molecule has 2 N–H and O–H groups in total. The Morgan fingerprint density at radius 2 is 2.19 bits per heavy atom. The molecule has 4 heteroatoms. The predicted molar refractivity (Wildman–Crippen MR) is 62.1 cm³/mol. The van der Waals surface area contributed by atoms with Crippen molar-refractivity contribution in [3.63, 3.8) is 0 Å². The van der Waals surface area contributed by atoms with Crippen LogP contribution in [0.3, 0.4) is 0 Å². The Kier molecular flexibility index (Phi) is 3.82. The Morgan fingerprint density at radius 1 is 1.44 bits per heavy atom. The van der Waals surface area contributed by atoms with Crippen molar-refractivity contribution >= 4 is 5.91 Å². The Bertz CT molecular complexity index is 247. The van der Waals surface area contributed by atoms with Gasteiger partial charge in [-0.2, -0.15) is 0 Å². The quantitative estimate of drug-likeness (QED) is 0.735. The summed E-state index contributed by atoms with van der Waals surface area (Å²) in [6.45, 7) is 6.85. The minimum absolute atomic E-state index is 0.116. The molecule has 2 aliphatic heterocycles. The van der Waals surface area contributed by atoms with Crippen LogP contribution in [0, 0.1) is 11.8 Å². The molecule has 3 atom stereocenters. The van der Waals surface area contributed by atoms with Crippen molar-refractivity contribution in [3.8, 4) is 0 Å². The van der Waals surface area contributed by atoms with Gasteiger partial charge in [-0.3, -0.25) is 4.79 Å². The van der Waals surface area contributed by atoms with Crippen LogP contribution >= 0.6 is 0 Å². The number of ether oxygens (including phenoxy) is 1. The second kappa shape index (κ2) is 5.15. The summed E-state index contributed by atoms with van der Waals surface area (Å²) >= 11 is 0. The van der Waals surface area contributed by atoms with E-state index in [0.717, 1.165) is 32.5 Å². The molecule has 2 fully saturated rings. The zero-order valence-corrected chi connectivity index (χ0v) is 10.2. The largest absolute Gasteiger partial charge is 0.376 e. The number of hydrogen-bond acceptors (Lipinski definition) is 3. The van der Waals surface area contributed by atoms with Gasteiger partial charge in [-0.05, 0) is 38.8 Å². The summed E-state index contributed by atoms with van der Waals surface area (Å²) in [5.74, 6) is 0.802. The van der Waals surface area contributed by atoms with Crippen LogP contribution in [0.15, 0.2) is 0 Å². The van der Waals surface area contributed by atoms with E-state index in [1.165, 1.54) is 0 Å². The maximum absolute atomic E-state index is 11.9. The van der Waals surface area contributed by atoms with Crippen LogP contribution in [-0.4, -0.2) is 37.7 Å².